The van der Waals surface area contributed by atoms with Crippen LogP contribution in [0.3, 0.4) is 0 Å². The third kappa shape index (κ3) is 4.77. The second kappa shape index (κ2) is 8.86. The molecule has 2 amide bonds. The van der Waals surface area contributed by atoms with E-state index in [1.807, 2.05) is 24.0 Å². The van der Waals surface area contributed by atoms with Crippen molar-refractivity contribution >= 4 is 34.8 Å². The number of rotatable bonds is 5. The Hall–Kier alpha value is -2.60. The van der Waals surface area contributed by atoms with Gasteiger partial charge in [-0.25, -0.2) is 0 Å². The standard InChI is InChI=1S/C20H23ClN4O2/c1-2-4-19(26)25-11-9-24(10-12-25)18-7-6-16(13-17(18)21)23-20(27)15-5-3-8-22-14-15/h3,5-8,13-14H,2,4,9-12H2,1H3,(H,23,27). The van der Waals surface area contributed by atoms with Gasteiger partial charge in [0.2, 0.25) is 5.91 Å². The van der Waals surface area contributed by atoms with Crippen LogP contribution in [0.5, 0.6) is 0 Å². The zero-order chi connectivity index (χ0) is 19.2. The molecule has 1 fully saturated rings. The van der Waals surface area contributed by atoms with Crippen molar-refractivity contribution < 1.29 is 9.59 Å². The molecule has 7 heteroatoms. The second-order valence-corrected chi connectivity index (χ2v) is 6.89. The van der Waals surface area contributed by atoms with Gasteiger partial charge in [-0.05, 0) is 36.8 Å². The number of halogens is 1. The Morgan fingerprint density at radius 2 is 1.96 bits per heavy atom. The second-order valence-electron chi connectivity index (χ2n) is 6.48. The molecule has 1 N–H and O–H groups in total. The van der Waals surface area contributed by atoms with Crippen molar-refractivity contribution in [3.05, 3.63) is 53.3 Å². The van der Waals surface area contributed by atoms with Gasteiger partial charge in [-0.3, -0.25) is 14.6 Å². The first kappa shape index (κ1) is 19.2. The van der Waals surface area contributed by atoms with Crippen LogP contribution in [0.2, 0.25) is 5.02 Å². The molecule has 0 aliphatic carbocycles. The van der Waals surface area contributed by atoms with Crippen LogP contribution in [-0.2, 0) is 4.79 Å². The van der Waals surface area contributed by atoms with Gasteiger partial charge in [-0.1, -0.05) is 18.5 Å². The van der Waals surface area contributed by atoms with Crippen LogP contribution in [0.25, 0.3) is 0 Å². The van der Waals surface area contributed by atoms with Crippen molar-refractivity contribution in [2.75, 3.05) is 36.4 Å². The van der Waals surface area contributed by atoms with Crippen LogP contribution in [0.1, 0.15) is 30.1 Å². The Balaban J connectivity index is 1.62. The van der Waals surface area contributed by atoms with Gasteiger partial charge < -0.3 is 15.1 Å². The highest BCUT2D eigenvalue weighted by atomic mass is 35.5. The van der Waals surface area contributed by atoms with Gasteiger partial charge in [0, 0.05) is 50.7 Å². The minimum Gasteiger partial charge on any atom is -0.367 e. The van der Waals surface area contributed by atoms with Gasteiger partial charge in [0.15, 0.2) is 0 Å². The number of aromatic nitrogens is 1. The van der Waals surface area contributed by atoms with Crippen molar-refractivity contribution in [2.24, 2.45) is 0 Å². The third-order valence-electron chi connectivity index (χ3n) is 4.57. The molecule has 6 nitrogen and oxygen atoms in total. The molecule has 0 radical (unpaired) electrons. The highest BCUT2D eigenvalue weighted by Crippen LogP contribution is 2.30. The van der Waals surface area contributed by atoms with E-state index in [4.69, 9.17) is 11.6 Å². The van der Waals surface area contributed by atoms with E-state index in [-0.39, 0.29) is 11.8 Å². The summed E-state index contributed by atoms with van der Waals surface area (Å²) in [6.45, 7) is 4.92. The van der Waals surface area contributed by atoms with E-state index in [2.05, 4.69) is 15.2 Å². The minimum atomic E-state index is -0.227. The fourth-order valence-corrected chi connectivity index (χ4v) is 3.41. The van der Waals surface area contributed by atoms with E-state index in [0.29, 0.717) is 35.8 Å². The van der Waals surface area contributed by atoms with Crippen molar-refractivity contribution in [3.8, 4) is 0 Å². The summed E-state index contributed by atoms with van der Waals surface area (Å²) in [4.78, 5) is 32.3. The molecule has 0 atom stereocenters. The quantitative estimate of drug-likeness (QED) is 0.854. The number of pyridine rings is 1. The smallest absolute Gasteiger partial charge is 0.257 e. The lowest BCUT2D eigenvalue weighted by Crippen LogP contribution is -2.48. The maximum absolute atomic E-state index is 12.2. The molecule has 0 saturated carbocycles. The highest BCUT2D eigenvalue weighted by molar-refractivity contribution is 6.33. The van der Waals surface area contributed by atoms with E-state index < -0.39 is 0 Å². The molecule has 0 unspecified atom stereocenters. The Morgan fingerprint density at radius 1 is 1.19 bits per heavy atom. The number of hydrogen-bond donors (Lipinski definition) is 1. The zero-order valence-corrected chi connectivity index (χ0v) is 16.1. The van der Waals surface area contributed by atoms with Crippen molar-refractivity contribution in [1.29, 1.82) is 0 Å². The summed E-state index contributed by atoms with van der Waals surface area (Å²) in [6.07, 6.45) is 4.62. The van der Waals surface area contributed by atoms with E-state index in [1.54, 1.807) is 24.4 Å². The molecule has 3 rings (SSSR count). The van der Waals surface area contributed by atoms with Gasteiger partial charge in [-0.2, -0.15) is 0 Å². The summed E-state index contributed by atoms with van der Waals surface area (Å²) >= 11 is 6.46. The van der Waals surface area contributed by atoms with Crippen molar-refractivity contribution in [3.63, 3.8) is 0 Å². The molecule has 1 aromatic heterocycles. The van der Waals surface area contributed by atoms with Crippen LogP contribution in [0.15, 0.2) is 42.7 Å². The third-order valence-corrected chi connectivity index (χ3v) is 4.87. The van der Waals surface area contributed by atoms with E-state index >= 15 is 0 Å². The molecule has 1 aliphatic heterocycles. The number of anilines is 2. The van der Waals surface area contributed by atoms with Crippen LogP contribution in [-0.4, -0.2) is 47.9 Å². The minimum absolute atomic E-state index is 0.219. The molecule has 1 aromatic carbocycles. The van der Waals surface area contributed by atoms with Crippen LogP contribution >= 0.6 is 11.6 Å². The number of nitrogens with one attached hydrogen (secondary N) is 1. The molecule has 2 aromatic rings. The van der Waals surface area contributed by atoms with Crippen LogP contribution in [0.4, 0.5) is 11.4 Å². The summed E-state index contributed by atoms with van der Waals surface area (Å²) in [5.74, 6) is -0.00771. The lowest BCUT2D eigenvalue weighted by atomic mass is 10.2. The number of piperazine rings is 1. The maximum Gasteiger partial charge on any atom is 0.257 e. The maximum atomic E-state index is 12.2. The zero-order valence-electron chi connectivity index (χ0n) is 15.3. The fourth-order valence-electron chi connectivity index (χ4n) is 3.11. The average Bonchev–Trinajstić information content (AvgIpc) is 2.69. The Kier molecular flexibility index (Phi) is 6.29. The number of nitrogens with zero attached hydrogens (tertiary/aromatic N) is 3. The molecule has 0 bridgehead atoms. The molecule has 1 saturated heterocycles. The SMILES string of the molecule is CCCC(=O)N1CCN(c2ccc(NC(=O)c3cccnc3)cc2Cl)CC1. The highest BCUT2D eigenvalue weighted by Gasteiger charge is 2.22. The Morgan fingerprint density at radius 3 is 2.59 bits per heavy atom. The van der Waals surface area contributed by atoms with Crippen LogP contribution in [0, 0.1) is 0 Å². The monoisotopic (exact) mass is 386 g/mol. The number of benzene rings is 1. The van der Waals surface area contributed by atoms with Gasteiger partial charge in [0.1, 0.15) is 0 Å². The van der Waals surface area contributed by atoms with E-state index in [9.17, 15) is 9.59 Å². The first-order valence-electron chi connectivity index (χ1n) is 9.12. The predicted molar refractivity (Wildman–Crippen MR) is 107 cm³/mol. The normalized spacial score (nSPS) is 14.1. The largest absolute Gasteiger partial charge is 0.367 e. The summed E-state index contributed by atoms with van der Waals surface area (Å²) in [5, 5.41) is 3.41. The molecule has 142 valence electrons. The van der Waals surface area contributed by atoms with Crippen molar-refractivity contribution in [1.82, 2.24) is 9.88 Å². The Bertz CT molecular complexity index is 805. The van der Waals surface area contributed by atoms with Gasteiger partial charge >= 0.3 is 0 Å². The summed E-state index contributed by atoms with van der Waals surface area (Å²) in [6, 6.07) is 8.92. The number of hydrogen-bond acceptors (Lipinski definition) is 4. The topological polar surface area (TPSA) is 65.5 Å². The lowest BCUT2D eigenvalue weighted by Gasteiger charge is -2.36. The van der Waals surface area contributed by atoms with Gasteiger partial charge in [0.05, 0.1) is 16.3 Å². The average molecular weight is 387 g/mol. The molecule has 1 aliphatic rings. The molecule has 2 heterocycles. The molecular formula is C20H23ClN4O2. The predicted octanol–water partition coefficient (Wildman–Crippen LogP) is 3.44. The Labute approximate surface area is 164 Å². The first-order valence-corrected chi connectivity index (χ1v) is 9.50. The summed E-state index contributed by atoms with van der Waals surface area (Å²) < 4.78 is 0. The molecule has 0 spiro atoms. The van der Waals surface area contributed by atoms with E-state index in [0.717, 1.165) is 25.2 Å². The first-order chi connectivity index (χ1) is 13.1. The fraction of sp³-hybridized carbons (Fsp3) is 0.350. The molecule has 27 heavy (non-hydrogen) atoms. The number of carbonyl (C=O) groups excluding carboxylic acids is 2. The van der Waals surface area contributed by atoms with Gasteiger partial charge in [-0.15, -0.1) is 0 Å². The van der Waals surface area contributed by atoms with Crippen molar-refractivity contribution in [2.45, 2.75) is 19.8 Å². The summed E-state index contributed by atoms with van der Waals surface area (Å²) in [7, 11) is 0. The van der Waals surface area contributed by atoms with E-state index in [1.165, 1.54) is 6.20 Å². The molecular weight excluding hydrogens is 364 g/mol. The number of amides is 2. The van der Waals surface area contributed by atoms with Crippen LogP contribution < -0.4 is 10.2 Å². The number of carbonyl (C=O) groups is 2. The lowest BCUT2D eigenvalue weighted by molar-refractivity contribution is -0.131. The van der Waals surface area contributed by atoms with Gasteiger partial charge in [0.25, 0.3) is 5.91 Å². The summed E-state index contributed by atoms with van der Waals surface area (Å²) in [5.41, 5.74) is 2.04.